The SMILES string of the molecule is COc1ccc(OC)c(C(=O)COC(=O)COc2ccc3c(c2)CCC3)c1. The predicted molar refractivity (Wildman–Crippen MR) is 98.8 cm³/mol. The summed E-state index contributed by atoms with van der Waals surface area (Å²) in [6.45, 7) is -0.642. The summed E-state index contributed by atoms with van der Waals surface area (Å²) in [5, 5.41) is 0. The first-order valence-electron chi connectivity index (χ1n) is 8.76. The Balaban J connectivity index is 1.52. The van der Waals surface area contributed by atoms with Gasteiger partial charge in [-0.2, -0.15) is 0 Å². The Bertz CT molecular complexity index is 843. The zero-order chi connectivity index (χ0) is 19.2. The minimum atomic E-state index is -0.606. The van der Waals surface area contributed by atoms with E-state index in [0.717, 1.165) is 19.3 Å². The van der Waals surface area contributed by atoms with Crippen LogP contribution in [0.25, 0.3) is 0 Å². The first-order chi connectivity index (χ1) is 13.1. The van der Waals surface area contributed by atoms with Crippen molar-refractivity contribution in [3.8, 4) is 17.2 Å². The molecule has 0 amide bonds. The van der Waals surface area contributed by atoms with Crippen molar-refractivity contribution in [1.29, 1.82) is 0 Å². The van der Waals surface area contributed by atoms with Crippen molar-refractivity contribution in [1.82, 2.24) is 0 Å². The molecule has 0 aromatic heterocycles. The molecular formula is C21H22O6. The van der Waals surface area contributed by atoms with Gasteiger partial charge in [0.25, 0.3) is 0 Å². The Morgan fingerprint density at radius 1 is 0.889 bits per heavy atom. The summed E-state index contributed by atoms with van der Waals surface area (Å²) in [7, 11) is 2.97. The molecule has 0 bridgehead atoms. The average molecular weight is 370 g/mol. The second-order valence-corrected chi connectivity index (χ2v) is 6.22. The lowest BCUT2D eigenvalue weighted by atomic mass is 10.1. The van der Waals surface area contributed by atoms with Gasteiger partial charge in [-0.3, -0.25) is 4.79 Å². The second kappa shape index (κ2) is 8.58. The summed E-state index contributed by atoms with van der Waals surface area (Å²) in [6.07, 6.45) is 3.28. The van der Waals surface area contributed by atoms with Crippen LogP contribution in [0.3, 0.4) is 0 Å². The number of methoxy groups -OCH3 is 2. The van der Waals surface area contributed by atoms with E-state index in [1.54, 1.807) is 18.2 Å². The van der Waals surface area contributed by atoms with Crippen molar-refractivity contribution in [3.63, 3.8) is 0 Å². The molecule has 3 rings (SSSR count). The minimum absolute atomic E-state index is 0.249. The molecule has 0 aliphatic heterocycles. The van der Waals surface area contributed by atoms with Crippen LogP contribution in [0.15, 0.2) is 36.4 Å². The van der Waals surface area contributed by atoms with E-state index < -0.39 is 12.6 Å². The minimum Gasteiger partial charge on any atom is -0.497 e. The molecule has 6 nitrogen and oxygen atoms in total. The molecular weight excluding hydrogens is 348 g/mol. The monoisotopic (exact) mass is 370 g/mol. The van der Waals surface area contributed by atoms with E-state index in [1.165, 1.54) is 25.3 Å². The fourth-order valence-corrected chi connectivity index (χ4v) is 3.08. The zero-order valence-electron chi connectivity index (χ0n) is 15.4. The highest BCUT2D eigenvalue weighted by Gasteiger charge is 2.17. The van der Waals surface area contributed by atoms with Gasteiger partial charge in [-0.15, -0.1) is 0 Å². The molecule has 0 fully saturated rings. The van der Waals surface area contributed by atoms with Gasteiger partial charge in [-0.1, -0.05) is 6.07 Å². The lowest BCUT2D eigenvalue weighted by Gasteiger charge is -2.11. The molecule has 0 atom stereocenters. The summed E-state index contributed by atoms with van der Waals surface area (Å²) >= 11 is 0. The molecule has 0 saturated carbocycles. The van der Waals surface area contributed by atoms with Crippen molar-refractivity contribution >= 4 is 11.8 Å². The third-order valence-electron chi connectivity index (χ3n) is 4.50. The van der Waals surface area contributed by atoms with Crippen molar-refractivity contribution < 1.29 is 28.5 Å². The number of fused-ring (bicyclic) bond motifs is 1. The van der Waals surface area contributed by atoms with E-state index in [-0.39, 0.29) is 12.4 Å². The van der Waals surface area contributed by atoms with Crippen LogP contribution in [-0.2, 0) is 22.4 Å². The molecule has 6 heteroatoms. The van der Waals surface area contributed by atoms with Gasteiger partial charge in [0.15, 0.2) is 13.2 Å². The van der Waals surface area contributed by atoms with Gasteiger partial charge in [-0.25, -0.2) is 4.79 Å². The molecule has 1 aliphatic carbocycles. The standard InChI is InChI=1S/C21H22O6/c1-24-16-8-9-20(25-2)18(11-16)19(22)12-27-21(23)13-26-17-7-6-14-4-3-5-15(14)10-17/h6-11H,3-5,12-13H2,1-2H3. The highest BCUT2D eigenvalue weighted by atomic mass is 16.6. The summed E-state index contributed by atoms with van der Waals surface area (Å²) in [5.41, 5.74) is 2.90. The molecule has 142 valence electrons. The van der Waals surface area contributed by atoms with E-state index >= 15 is 0 Å². The van der Waals surface area contributed by atoms with Gasteiger partial charge < -0.3 is 18.9 Å². The number of aryl methyl sites for hydroxylation is 2. The molecule has 2 aromatic rings. The Kier molecular flexibility index (Phi) is 5.96. The number of Topliss-reactive ketones (excluding diaryl/α,β-unsaturated/α-hetero) is 1. The maximum atomic E-state index is 12.3. The number of hydrogen-bond donors (Lipinski definition) is 0. The van der Waals surface area contributed by atoms with E-state index in [0.29, 0.717) is 22.8 Å². The number of benzene rings is 2. The number of ketones is 1. The Morgan fingerprint density at radius 2 is 1.67 bits per heavy atom. The predicted octanol–water partition coefficient (Wildman–Crippen LogP) is 3.00. The number of rotatable bonds is 8. The van der Waals surface area contributed by atoms with Crippen LogP contribution in [0.5, 0.6) is 17.2 Å². The Morgan fingerprint density at radius 3 is 2.44 bits per heavy atom. The van der Waals surface area contributed by atoms with E-state index in [1.807, 2.05) is 18.2 Å². The summed E-state index contributed by atoms with van der Waals surface area (Å²) in [4.78, 5) is 24.3. The smallest absolute Gasteiger partial charge is 0.344 e. The molecule has 0 spiro atoms. The van der Waals surface area contributed by atoms with Gasteiger partial charge in [0.2, 0.25) is 5.78 Å². The van der Waals surface area contributed by atoms with Crippen LogP contribution in [0.4, 0.5) is 0 Å². The van der Waals surface area contributed by atoms with Gasteiger partial charge in [0.1, 0.15) is 17.2 Å². The average Bonchev–Trinajstić information content (AvgIpc) is 3.17. The van der Waals surface area contributed by atoms with Crippen LogP contribution in [0.2, 0.25) is 0 Å². The molecule has 0 saturated heterocycles. The third-order valence-corrected chi connectivity index (χ3v) is 4.50. The molecule has 0 heterocycles. The normalized spacial score (nSPS) is 12.2. The summed E-state index contributed by atoms with van der Waals surface area (Å²) in [5.74, 6) is 0.562. The molecule has 0 unspecified atom stereocenters. The lowest BCUT2D eigenvalue weighted by molar-refractivity contribution is -0.144. The van der Waals surface area contributed by atoms with Crippen molar-refractivity contribution in [2.45, 2.75) is 19.3 Å². The van der Waals surface area contributed by atoms with Crippen LogP contribution in [0, 0.1) is 0 Å². The number of hydrogen-bond acceptors (Lipinski definition) is 6. The number of esters is 1. The van der Waals surface area contributed by atoms with Gasteiger partial charge in [0.05, 0.1) is 19.8 Å². The van der Waals surface area contributed by atoms with Crippen LogP contribution >= 0.6 is 0 Å². The Hall–Kier alpha value is -3.02. The van der Waals surface area contributed by atoms with Crippen LogP contribution in [-0.4, -0.2) is 39.2 Å². The first-order valence-corrected chi connectivity index (χ1v) is 8.76. The third kappa shape index (κ3) is 4.58. The Labute approximate surface area is 158 Å². The largest absolute Gasteiger partial charge is 0.497 e. The summed E-state index contributed by atoms with van der Waals surface area (Å²) in [6, 6.07) is 10.7. The van der Waals surface area contributed by atoms with Gasteiger partial charge in [-0.05, 0) is 60.7 Å². The van der Waals surface area contributed by atoms with Crippen LogP contribution in [0.1, 0.15) is 27.9 Å². The van der Waals surface area contributed by atoms with Crippen LogP contribution < -0.4 is 14.2 Å². The molecule has 0 N–H and O–H groups in total. The maximum absolute atomic E-state index is 12.3. The van der Waals surface area contributed by atoms with E-state index in [9.17, 15) is 9.59 Å². The molecule has 2 aromatic carbocycles. The molecule has 1 aliphatic rings. The first kappa shape index (κ1) is 18.8. The van der Waals surface area contributed by atoms with Crippen molar-refractivity contribution in [2.24, 2.45) is 0 Å². The number of ether oxygens (including phenoxy) is 4. The zero-order valence-corrected chi connectivity index (χ0v) is 15.4. The topological polar surface area (TPSA) is 71.1 Å². The molecule has 27 heavy (non-hydrogen) atoms. The summed E-state index contributed by atoms with van der Waals surface area (Å²) < 4.78 is 20.8. The highest BCUT2D eigenvalue weighted by molar-refractivity contribution is 6.00. The molecule has 0 radical (unpaired) electrons. The lowest BCUT2D eigenvalue weighted by Crippen LogP contribution is -2.20. The van der Waals surface area contributed by atoms with Gasteiger partial charge in [0, 0.05) is 0 Å². The fraction of sp³-hybridized carbons (Fsp3) is 0.333. The van der Waals surface area contributed by atoms with E-state index in [4.69, 9.17) is 18.9 Å². The van der Waals surface area contributed by atoms with Crippen molar-refractivity contribution in [2.75, 3.05) is 27.4 Å². The number of carbonyl (C=O) groups excluding carboxylic acids is 2. The quantitative estimate of drug-likeness (QED) is 0.525. The number of carbonyl (C=O) groups is 2. The highest BCUT2D eigenvalue weighted by Crippen LogP contribution is 2.26. The van der Waals surface area contributed by atoms with E-state index in [2.05, 4.69) is 0 Å². The maximum Gasteiger partial charge on any atom is 0.344 e. The van der Waals surface area contributed by atoms with Gasteiger partial charge >= 0.3 is 5.97 Å². The van der Waals surface area contributed by atoms with Crippen molar-refractivity contribution in [3.05, 3.63) is 53.1 Å². The second-order valence-electron chi connectivity index (χ2n) is 6.22. The fourth-order valence-electron chi connectivity index (χ4n) is 3.08.